The zero-order valence-electron chi connectivity index (χ0n) is 10.4. The highest BCUT2D eigenvalue weighted by molar-refractivity contribution is 7.15. The first-order chi connectivity index (χ1) is 8.61. The van der Waals surface area contributed by atoms with Crippen LogP contribution in [0.3, 0.4) is 0 Å². The SMILES string of the molecule is CC(c1cccc(Cl)c1)N(C)c1ncc(CN)s1. The number of nitrogens with two attached hydrogens (primary N) is 1. The van der Waals surface area contributed by atoms with E-state index in [0.717, 1.165) is 15.0 Å². The summed E-state index contributed by atoms with van der Waals surface area (Å²) in [5.74, 6) is 0. The van der Waals surface area contributed by atoms with Gasteiger partial charge >= 0.3 is 0 Å². The minimum atomic E-state index is 0.223. The highest BCUT2D eigenvalue weighted by Crippen LogP contribution is 2.29. The van der Waals surface area contributed by atoms with Gasteiger partial charge in [-0.15, -0.1) is 11.3 Å². The van der Waals surface area contributed by atoms with Gasteiger partial charge in [-0.2, -0.15) is 0 Å². The molecule has 1 aromatic heterocycles. The fourth-order valence-electron chi connectivity index (χ4n) is 1.71. The Hall–Kier alpha value is -1.10. The largest absolute Gasteiger partial charge is 0.344 e. The third-order valence-electron chi connectivity index (χ3n) is 2.96. The summed E-state index contributed by atoms with van der Waals surface area (Å²) in [4.78, 5) is 7.61. The first-order valence-corrected chi connectivity index (χ1v) is 6.94. The van der Waals surface area contributed by atoms with Crippen LogP contribution in [-0.2, 0) is 6.54 Å². The molecule has 2 aromatic rings. The second-order valence-electron chi connectivity index (χ2n) is 4.16. The van der Waals surface area contributed by atoms with E-state index in [4.69, 9.17) is 17.3 Å². The predicted molar refractivity (Wildman–Crippen MR) is 78.3 cm³/mol. The molecule has 18 heavy (non-hydrogen) atoms. The van der Waals surface area contributed by atoms with E-state index < -0.39 is 0 Å². The van der Waals surface area contributed by atoms with Crippen molar-refractivity contribution in [1.29, 1.82) is 0 Å². The average molecular weight is 282 g/mol. The first kappa shape index (κ1) is 13.3. The molecule has 1 heterocycles. The van der Waals surface area contributed by atoms with Crippen molar-refractivity contribution in [3.8, 4) is 0 Å². The Morgan fingerprint density at radius 1 is 1.50 bits per heavy atom. The second-order valence-corrected chi connectivity index (χ2v) is 5.69. The quantitative estimate of drug-likeness (QED) is 0.933. The van der Waals surface area contributed by atoms with Crippen LogP contribution in [0.5, 0.6) is 0 Å². The zero-order chi connectivity index (χ0) is 13.1. The van der Waals surface area contributed by atoms with Crippen LogP contribution in [0, 0.1) is 0 Å². The minimum Gasteiger partial charge on any atom is -0.344 e. The smallest absolute Gasteiger partial charge is 0.185 e. The van der Waals surface area contributed by atoms with Gasteiger partial charge in [0.25, 0.3) is 0 Å². The summed E-state index contributed by atoms with van der Waals surface area (Å²) in [5.41, 5.74) is 6.78. The lowest BCUT2D eigenvalue weighted by Gasteiger charge is -2.24. The molecule has 2 rings (SSSR count). The molecular formula is C13H16ClN3S. The standard InChI is InChI=1S/C13H16ClN3S/c1-9(10-4-3-5-11(14)6-10)17(2)13-16-8-12(7-15)18-13/h3-6,8-9H,7,15H2,1-2H3. The Labute approximate surface area is 116 Å². The molecule has 1 unspecified atom stereocenters. The molecule has 2 N–H and O–H groups in total. The van der Waals surface area contributed by atoms with Gasteiger partial charge in [0, 0.05) is 29.7 Å². The normalized spacial score (nSPS) is 12.4. The summed E-state index contributed by atoms with van der Waals surface area (Å²) in [6.07, 6.45) is 1.83. The molecule has 5 heteroatoms. The molecule has 1 atom stereocenters. The summed E-state index contributed by atoms with van der Waals surface area (Å²) >= 11 is 7.64. The van der Waals surface area contributed by atoms with Gasteiger partial charge in [0.2, 0.25) is 0 Å². The Morgan fingerprint density at radius 3 is 2.89 bits per heavy atom. The van der Waals surface area contributed by atoms with E-state index in [-0.39, 0.29) is 6.04 Å². The van der Waals surface area contributed by atoms with Crippen molar-refractivity contribution in [2.75, 3.05) is 11.9 Å². The van der Waals surface area contributed by atoms with Crippen molar-refractivity contribution in [1.82, 2.24) is 4.98 Å². The van der Waals surface area contributed by atoms with E-state index in [9.17, 15) is 0 Å². The van der Waals surface area contributed by atoms with Crippen LogP contribution in [-0.4, -0.2) is 12.0 Å². The van der Waals surface area contributed by atoms with Gasteiger partial charge in [-0.05, 0) is 24.6 Å². The van der Waals surface area contributed by atoms with Crippen LogP contribution in [0.25, 0.3) is 0 Å². The highest BCUT2D eigenvalue weighted by atomic mass is 35.5. The number of halogens is 1. The molecular weight excluding hydrogens is 266 g/mol. The van der Waals surface area contributed by atoms with Gasteiger partial charge in [0.15, 0.2) is 5.13 Å². The van der Waals surface area contributed by atoms with Crippen LogP contribution in [0.2, 0.25) is 5.02 Å². The van der Waals surface area contributed by atoms with Gasteiger partial charge in [-0.1, -0.05) is 23.7 Å². The van der Waals surface area contributed by atoms with Gasteiger partial charge in [-0.3, -0.25) is 0 Å². The van der Waals surface area contributed by atoms with Gasteiger partial charge in [0.05, 0.1) is 6.04 Å². The summed E-state index contributed by atoms with van der Waals surface area (Å²) < 4.78 is 0. The number of thiazole rings is 1. The lowest BCUT2D eigenvalue weighted by molar-refractivity contribution is 0.737. The average Bonchev–Trinajstić information content (AvgIpc) is 2.85. The van der Waals surface area contributed by atoms with E-state index in [0.29, 0.717) is 6.54 Å². The fourth-order valence-corrected chi connectivity index (χ4v) is 2.74. The van der Waals surface area contributed by atoms with E-state index in [2.05, 4.69) is 22.9 Å². The van der Waals surface area contributed by atoms with Crippen molar-refractivity contribution < 1.29 is 0 Å². The van der Waals surface area contributed by atoms with Crippen LogP contribution in [0.1, 0.15) is 23.4 Å². The van der Waals surface area contributed by atoms with Crippen molar-refractivity contribution in [2.45, 2.75) is 19.5 Å². The Bertz CT molecular complexity index is 526. The van der Waals surface area contributed by atoms with Gasteiger partial charge < -0.3 is 10.6 Å². The molecule has 0 bridgehead atoms. The lowest BCUT2D eigenvalue weighted by Crippen LogP contribution is -2.21. The summed E-state index contributed by atoms with van der Waals surface area (Å²) in [7, 11) is 2.03. The molecule has 0 radical (unpaired) electrons. The van der Waals surface area contributed by atoms with Crippen LogP contribution < -0.4 is 10.6 Å². The second kappa shape index (κ2) is 5.69. The number of nitrogens with zero attached hydrogens (tertiary/aromatic N) is 2. The maximum atomic E-state index is 6.02. The summed E-state index contributed by atoms with van der Waals surface area (Å²) in [6.45, 7) is 2.67. The minimum absolute atomic E-state index is 0.223. The highest BCUT2D eigenvalue weighted by Gasteiger charge is 2.15. The number of rotatable bonds is 4. The maximum absolute atomic E-state index is 6.02. The zero-order valence-corrected chi connectivity index (χ0v) is 12.0. The third kappa shape index (κ3) is 2.83. The number of anilines is 1. The molecule has 0 aliphatic carbocycles. The van der Waals surface area contributed by atoms with E-state index in [1.54, 1.807) is 11.3 Å². The lowest BCUT2D eigenvalue weighted by atomic mass is 10.1. The maximum Gasteiger partial charge on any atom is 0.185 e. The molecule has 0 amide bonds. The Kier molecular flexibility index (Phi) is 4.22. The van der Waals surface area contributed by atoms with Crippen molar-refractivity contribution in [3.05, 3.63) is 45.9 Å². The molecule has 0 spiro atoms. The van der Waals surface area contributed by atoms with Gasteiger partial charge in [-0.25, -0.2) is 4.98 Å². The molecule has 0 aliphatic rings. The van der Waals surface area contributed by atoms with Crippen LogP contribution in [0.4, 0.5) is 5.13 Å². The number of hydrogen-bond acceptors (Lipinski definition) is 4. The Morgan fingerprint density at radius 2 is 2.28 bits per heavy atom. The Balaban J connectivity index is 2.20. The number of aromatic nitrogens is 1. The van der Waals surface area contributed by atoms with Crippen molar-refractivity contribution >= 4 is 28.1 Å². The monoisotopic (exact) mass is 281 g/mol. The molecule has 0 fully saturated rings. The molecule has 3 nitrogen and oxygen atoms in total. The molecule has 0 saturated heterocycles. The molecule has 0 aliphatic heterocycles. The van der Waals surface area contributed by atoms with Gasteiger partial charge in [0.1, 0.15) is 0 Å². The third-order valence-corrected chi connectivity index (χ3v) is 4.30. The summed E-state index contributed by atoms with van der Waals surface area (Å²) in [5, 5.41) is 1.73. The van der Waals surface area contributed by atoms with E-state index in [1.807, 2.05) is 31.4 Å². The van der Waals surface area contributed by atoms with Crippen LogP contribution in [0.15, 0.2) is 30.5 Å². The topological polar surface area (TPSA) is 42.2 Å². The van der Waals surface area contributed by atoms with E-state index >= 15 is 0 Å². The molecule has 0 saturated carbocycles. The number of hydrogen-bond donors (Lipinski definition) is 1. The predicted octanol–water partition coefficient (Wildman–Crippen LogP) is 3.45. The van der Waals surface area contributed by atoms with E-state index in [1.165, 1.54) is 5.56 Å². The number of benzene rings is 1. The molecule has 96 valence electrons. The van der Waals surface area contributed by atoms with Crippen LogP contribution >= 0.6 is 22.9 Å². The molecule has 1 aromatic carbocycles. The first-order valence-electron chi connectivity index (χ1n) is 5.75. The fraction of sp³-hybridized carbons (Fsp3) is 0.308. The van der Waals surface area contributed by atoms with Crippen molar-refractivity contribution in [3.63, 3.8) is 0 Å². The van der Waals surface area contributed by atoms with Crippen molar-refractivity contribution in [2.24, 2.45) is 5.73 Å². The summed E-state index contributed by atoms with van der Waals surface area (Å²) in [6, 6.07) is 8.13.